The SMILES string of the molecule is O=C(NCCc1cccs1)N1CCCOC(CN2CCCCC2)C1. The Balaban J connectivity index is 1.43. The van der Waals surface area contributed by atoms with Gasteiger partial charge >= 0.3 is 6.03 Å². The summed E-state index contributed by atoms with van der Waals surface area (Å²) in [6, 6.07) is 4.23. The zero-order chi connectivity index (χ0) is 16.6. The van der Waals surface area contributed by atoms with Gasteiger partial charge in [-0.1, -0.05) is 12.5 Å². The molecular formula is C18H29N3O2S. The lowest BCUT2D eigenvalue weighted by atomic mass is 10.1. The van der Waals surface area contributed by atoms with Gasteiger partial charge in [-0.3, -0.25) is 0 Å². The summed E-state index contributed by atoms with van der Waals surface area (Å²) in [4.78, 5) is 18.2. The molecule has 2 amide bonds. The zero-order valence-electron chi connectivity index (χ0n) is 14.4. The Morgan fingerprint density at radius 3 is 2.92 bits per heavy atom. The lowest BCUT2D eigenvalue weighted by molar-refractivity contribution is 0.0256. The number of nitrogens with zero attached hydrogens (tertiary/aromatic N) is 2. The normalized spacial score (nSPS) is 23.0. The maximum atomic E-state index is 12.5. The Labute approximate surface area is 149 Å². The number of carbonyl (C=O) groups excluding carboxylic acids is 1. The van der Waals surface area contributed by atoms with Gasteiger partial charge in [0.1, 0.15) is 0 Å². The highest BCUT2D eigenvalue weighted by Crippen LogP contribution is 2.13. The van der Waals surface area contributed by atoms with Crippen LogP contribution in [0.15, 0.2) is 17.5 Å². The molecule has 24 heavy (non-hydrogen) atoms. The molecule has 3 rings (SSSR count). The number of likely N-dealkylation sites (tertiary alicyclic amines) is 1. The van der Waals surface area contributed by atoms with Crippen LogP contribution in [-0.2, 0) is 11.2 Å². The van der Waals surface area contributed by atoms with Crippen LogP contribution in [0.1, 0.15) is 30.6 Å². The first-order chi connectivity index (χ1) is 11.8. The van der Waals surface area contributed by atoms with Crippen LogP contribution in [0.4, 0.5) is 4.79 Å². The number of nitrogens with one attached hydrogen (secondary N) is 1. The Hall–Kier alpha value is -1.11. The number of hydrogen-bond donors (Lipinski definition) is 1. The fourth-order valence-electron chi connectivity index (χ4n) is 3.48. The van der Waals surface area contributed by atoms with Gasteiger partial charge in [0.05, 0.1) is 6.10 Å². The van der Waals surface area contributed by atoms with E-state index in [2.05, 4.69) is 27.7 Å². The number of amides is 2. The first kappa shape index (κ1) is 17.7. The number of ether oxygens (including phenoxy) is 1. The quantitative estimate of drug-likeness (QED) is 0.887. The molecule has 1 aromatic rings. The standard InChI is InChI=1S/C18H29N3O2S/c22-18(19-8-7-17-6-4-13-24-17)21-11-5-12-23-16(15-21)14-20-9-2-1-3-10-20/h4,6,13,16H,1-3,5,7-12,14-15H2,(H,19,22). The van der Waals surface area contributed by atoms with E-state index in [-0.39, 0.29) is 12.1 Å². The van der Waals surface area contributed by atoms with Crippen LogP contribution in [0.5, 0.6) is 0 Å². The minimum absolute atomic E-state index is 0.0562. The van der Waals surface area contributed by atoms with E-state index in [1.807, 2.05) is 4.90 Å². The second kappa shape index (κ2) is 9.39. The Morgan fingerprint density at radius 2 is 2.12 bits per heavy atom. The van der Waals surface area contributed by atoms with Crippen molar-refractivity contribution in [3.8, 4) is 0 Å². The van der Waals surface area contributed by atoms with Gasteiger partial charge in [-0.2, -0.15) is 0 Å². The number of piperidine rings is 1. The Bertz CT molecular complexity index is 488. The maximum absolute atomic E-state index is 12.5. The molecule has 1 aromatic heterocycles. The third-order valence-electron chi connectivity index (χ3n) is 4.78. The highest BCUT2D eigenvalue weighted by atomic mass is 32.1. The molecule has 1 N–H and O–H groups in total. The smallest absolute Gasteiger partial charge is 0.317 e. The first-order valence-corrected chi connectivity index (χ1v) is 10.1. The van der Waals surface area contributed by atoms with Crippen LogP contribution in [0, 0.1) is 0 Å². The molecule has 0 saturated carbocycles. The first-order valence-electron chi connectivity index (χ1n) is 9.20. The number of hydrogen-bond acceptors (Lipinski definition) is 4. The van der Waals surface area contributed by atoms with Crippen LogP contribution in [0.2, 0.25) is 0 Å². The molecular weight excluding hydrogens is 322 g/mol. The van der Waals surface area contributed by atoms with E-state index in [9.17, 15) is 4.79 Å². The van der Waals surface area contributed by atoms with Crippen molar-refractivity contribution in [3.05, 3.63) is 22.4 Å². The molecule has 0 aliphatic carbocycles. The summed E-state index contributed by atoms with van der Waals surface area (Å²) >= 11 is 1.74. The van der Waals surface area contributed by atoms with Gasteiger partial charge in [-0.15, -0.1) is 11.3 Å². The summed E-state index contributed by atoms with van der Waals surface area (Å²) < 4.78 is 5.99. The maximum Gasteiger partial charge on any atom is 0.317 e. The summed E-state index contributed by atoms with van der Waals surface area (Å²) in [6.45, 7) is 6.27. The van der Waals surface area contributed by atoms with Crippen molar-refractivity contribution >= 4 is 17.4 Å². The van der Waals surface area contributed by atoms with E-state index in [1.165, 1.54) is 37.2 Å². The zero-order valence-corrected chi connectivity index (χ0v) is 15.2. The van der Waals surface area contributed by atoms with Gasteiger partial charge < -0.3 is 19.9 Å². The molecule has 2 aliphatic heterocycles. The van der Waals surface area contributed by atoms with Gasteiger partial charge in [0.2, 0.25) is 0 Å². The summed E-state index contributed by atoms with van der Waals surface area (Å²) in [5, 5.41) is 5.14. The number of rotatable bonds is 5. The highest BCUT2D eigenvalue weighted by Gasteiger charge is 2.24. The van der Waals surface area contributed by atoms with Crippen LogP contribution >= 0.6 is 11.3 Å². The lowest BCUT2D eigenvalue weighted by Crippen LogP contribution is -2.47. The van der Waals surface area contributed by atoms with E-state index in [0.717, 1.165) is 32.5 Å². The second-order valence-corrected chi connectivity index (χ2v) is 7.75. The molecule has 2 fully saturated rings. The van der Waals surface area contributed by atoms with Crippen LogP contribution < -0.4 is 5.32 Å². The monoisotopic (exact) mass is 351 g/mol. The van der Waals surface area contributed by atoms with Crippen molar-refractivity contribution in [1.29, 1.82) is 0 Å². The molecule has 3 heterocycles. The topological polar surface area (TPSA) is 44.8 Å². The molecule has 0 spiro atoms. The van der Waals surface area contributed by atoms with Crippen molar-refractivity contribution in [2.75, 3.05) is 45.9 Å². The van der Waals surface area contributed by atoms with E-state index in [1.54, 1.807) is 11.3 Å². The van der Waals surface area contributed by atoms with Gasteiger partial charge in [-0.05, 0) is 50.2 Å². The third kappa shape index (κ3) is 5.46. The molecule has 2 saturated heterocycles. The molecule has 5 nitrogen and oxygen atoms in total. The number of urea groups is 1. The van der Waals surface area contributed by atoms with Crippen molar-refractivity contribution in [3.63, 3.8) is 0 Å². The van der Waals surface area contributed by atoms with Gasteiger partial charge in [0.15, 0.2) is 0 Å². The predicted molar refractivity (Wildman–Crippen MR) is 97.6 cm³/mol. The third-order valence-corrected chi connectivity index (χ3v) is 5.71. The molecule has 134 valence electrons. The minimum Gasteiger partial charge on any atom is -0.375 e. The predicted octanol–water partition coefficient (Wildman–Crippen LogP) is 2.58. The minimum atomic E-state index is 0.0562. The van der Waals surface area contributed by atoms with Gasteiger partial charge in [-0.25, -0.2) is 4.79 Å². The Morgan fingerprint density at radius 1 is 1.25 bits per heavy atom. The average Bonchev–Trinajstić information content (AvgIpc) is 3.01. The largest absolute Gasteiger partial charge is 0.375 e. The van der Waals surface area contributed by atoms with Crippen molar-refractivity contribution < 1.29 is 9.53 Å². The van der Waals surface area contributed by atoms with Gasteiger partial charge in [0, 0.05) is 37.7 Å². The van der Waals surface area contributed by atoms with E-state index >= 15 is 0 Å². The lowest BCUT2D eigenvalue weighted by Gasteiger charge is -2.31. The molecule has 1 unspecified atom stereocenters. The van der Waals surface area contributed by atoms with Crippen LogP contribution in [0.25, 0.3) is 0 Å². The van der Waals surface area contributed by atoms with E-state index in [0.29, 0.717) is 13.1 Å². The number of thiophene rings is 1. The highest BCUT2D eigenvalue weighted by molar-refractivity contribution is 7.09. The molecule has 0 aromatic carbocycles. The number of carbonyl (C=O) groups is 1. The fraction of sp³-hybridized carbons (Fsp3) is 0.722. The molecule has 0 radical (unpaired) electrons. The summed E-state index contributed by atoms with van der Waals surface area (Å²) in [7, 11) is 0. The summed E-state index contributed by atoms with van der Waals surface area (Å²) in [6.07, 6.45) is 5.91. The molecule has 0 bridgehead atoms. The van der Waals surface area contributed by atoms with Crippen molar-refractivity contribution in [2.45, 2.75) is 38.2 Å². The Kier molecular flexibility index (Phi) is 6.93. The van der Waals surface area contributed by atoms with Crippen LogP contribution in [-0.4, -0.2) is 67.8 Å². The fourth-order valence-corrected chi connectivity index (χ4v) is 4.19. The van der Waals surface area contributed by atoms with E-state index < -0.39 is 0 Å². The molecule has 6 heteroatoms. The van der Waals surface area contributed by atoms with Crippen LogP contribution in [0.3, 0.4) is 0 Å². The average molecular weight is 352 g/mol. The summed E-state index contributed by atoms with van der Waals surface area (Å²) in [5.41, 5.74) is 0. The van der Waals surface area contributed by atoms with Crippen molar-refractivity contribution in [1.82, 2.24) is 15.1 Å². The molecule has 2 aliphatic rings. The van der Waals surface area contributed by atoms with Gasteiger partial charge in [0.25, 0.3) is 0 Å². The summed E-state index contributed by atoms with van der Waals surface area (Å²) in [5.74, 6) is 0. The van der Waals surface area contributed by atoms with E-state index in [4.69, 9.17) is 4.74 Å². The second-order valence-electron chi connectivity index (χ2n) is 6.71. The molecule has 1 atom stereocenters. The van der Waals surface area contributed by atoms with Crippen molar-refractivity contribution in [2.24, 2.45) is 0 Å².